The number of rotatable bonds is 8. The van der Waals surface area contributed by atoms with Gasteiger partial charge < -0.3 is 15.2 Å². The highest BCUT2D eigenvalue weighted by molar-refractivity contribution is 5.95. The van der Waals surface area contributed by atoms with Gasteiger partial charge in [-0.2, -0.15) is 13.2 Å². The first kappa shape index (κ1) is 19.6. The van der Waals surface area contributed by atoms with E-state index in [1.165, 1.54) is 12.3 Å². The minimum Gasteiger partial charge on any atom is -0.481 e. The zero-order chi connectivity index (χ0) is 19.8. The summed E-state index contributed by atoms with van der Waals surface area (Å²) in [7, 11) is 0. The maximum Gasteiger partial charge on any atom is 0.425 e. The molecule has 0 spiro atoms. The van der Waals surface area contributed by atoms with E-state index in [4.69, 9.17) is 15.2 Å². The first-order chi connectivity index (χ1) is 12.6. The second kappa shape index (κ2) is 7.10. The Bertz CT molecular complexity index is 743. The molecule has 6 nitrogen and oxygen atoms in total. The van der Waals surface area contributed by atoms with E-state index < -0.39 is 23.6 Å². The second-order valence-electron chi connectivity index (χ2n) is 7.42. The molecular formula is C18H21F3N2O4. The van der Waals surface area contributed by atoms with Crippen molar-refractivity contribution >= 4 is 11.7 Å². The Kier molecular flexibility index (Phi) is 5.16. The van der Waals surface area contributed by atoms with E-state index in [-0.39, 0.29) is 49.2 Å². The lowest BCUT2D eigenvalue weighted by Crippen LogP contribution is -2.46. The second-order valence-corrected chi connectivity index (χ2v) is 7.42. The van der Waals surface area contributed by atoms with Gasteiger partial charge in [0.05, 0.1) is 13.2 Å². The largest absolute Gasteiger partial charge is 0.481 e. The van der Waals surface area contributed by atoms with Crippen LogP contribution in [0, 0.1) is 5.41 Å². The Morgan fingerprint density at radius 2 is 2.04 bits per heavy atom. The molecular weight excluding hydrogens is 365 g/mol. The molecule has 2 aliphatic rings. The van der Waals surface area contributed by atoms with Crippen molar-refractivity contribution in [2.75, 3.05) is 13.2 Å². The number of alkyl halides is 3. The average molecular weight is 386 g/mol. The molecule has 0 aromatic carbocycles. The van der Waals surface area contributed by atoms with Gasteiger partial charge in [0.1, 0.15) is 11.4 Å². The summed E-state index contributed by atoms with van der Waals surface area (Å²) in [5.41, 5.74) is 5.17. The number of halogens is 3. The SMILES string of the molecule is C[C@@H](Oc1cc(C(=O)CC2(CC(N)=O)COC2)ncc1C1CC1)C(F)(F)F. The molecule has 2 heterocycles. The van der Waals surface area contributed by atoms with Crippen LogP contribution < -0.4 is 10.5 Å². The topological polar surface area (TPSA) is 91.5 Å². The Morgan fingerprint density at radius 1 is 1.37 bits per heavy atom. The zero-order valence-corrected chi connectivity index (χ0v) is 14.8. The van der Waals surface area contributed by atoms with Gasteiger partial charge in [-0.1, -0.05) is 0 Å². The maximum atomic E-state index is 12.9. The van der Waals surface area contributed by atoms with Crippen LogP contribution in [-0.2, 0) is 9.53 Å². The van der Waals surface area contributed by atoms with Crippen LogP contribution in [0.1, 0.15) is 54.6 Å². The predicted molar refractivity (Wildman–Crippen MR) is 88.4 cm³/mol. The molecule has 1 aliphatic carbocycles. The summed E-state index contributed by atoms with van der Waals surface area (Å²) in [5, 5.41) is 0. The molecule has 1 atom stereocenters. The summed E-state index contributed by atoms with van der Waals surface area (Å²) in [6, 6.07) is 1.27. The molecule has 27 heavy (non-hydrogen) atoms. The number of carbonyl (C=O) groups is 2. The Hall–Kier alpha value is -2.16. The molecule has 1 saturated heterocycles. The normalized spacial score (nSPS) is 19.9. The zero-order valence-electron chi connectivity index (χ0n) is 14.8. The standard InChI is InChI=1S/C18H21F3N2O4/c1-10(18(19,20)21)27-15-4-13(23-7-12(15)11-2-3-11)14(24)5-17(6-16(22)25)8-26-9-17/h4,7,10-11H,2-3,5-6,8-9H2,1H3,(H2,22,25)/t10-/m1/s1. The minimum absolute atomic E-state index is 0.00730. The average Bonchev–Trinajstić information content (AvgIpc) is 3.36. The molecule has 1 saturated carbocycles. The van der Waals surface area contributed by atoms with Crippen LogP contribution in [-0.4, -0.2) is 42.2 Å². The Morgan fingerprint density at radius 3 is 2.52 bits per heavy atom. The highest BCUT2D eigenvalue weighted by Crippen LogP contribution is 2.45. The summed E-state index contributed by atoms with van der Waals surface area (Å²) in [6.07, 6.45) is -3.39. The fourth-order valence-electron chi connectivity index (χ4n) is 3.12. The molecule has 0 bridgehead atoms. The molecule has 2 fully saturated rings. The number of Topliss-reactive ketones (excluding diaryl/α,β-unsaturated/α-hetero) is 1. The number of hydrogen-bond donors (Lipinski definition) is 1. The van der Waals surface area contributed by atoms with Crippen molar-refractivity contribution in [1.82, 2.24) is 4.98 Å². The van der Waals surface area contributed by atoms with Crippen LogP contribution in [0.25, 0.3) is 0 Å². The molecule has 1 aromatic rings. The highest BCUT2D eigenvalue weighted by Gasteiger charge is 2.43. The van der Waals surface area contributed by atoms with Gasteiger partial charge in [-0.3, -0.25) is 14.6 Å². The van der Waals surface area contributed by atoms with Gasteiger partial charge in [0.25, 0.3) is 0 Å². The van der Waals surface area contributed by atoms with Crippen LogP contribution in [0.3, 0.4) is 0 Å². The number of aromatic nitrogens is 1. The van der Waals surface area contributed by atoms with Gasteiger partial charge in [0.2, 0.25) is 5.91 Å². The molecule has 2 N–H and O–H groups in total. The van der Waals surface area contributed by atoms with Crippen LogP contribution in [0.4, 0.5) is 13.2 Å². The van der Waals surface area contributed by atoms with Gasteiger partial charge in [-0.25, -0.2) is 0 Å². The van der Waals surface area contributed by atoms with E-state index in [1.54, 1.807) is 0 Å². The number of pyridine rings is 1. The van der Waals surface area contributed by atoms with E-state index >= 15 is 0 Å². The van der Waals surface area contributed by atoms with Gasteiger partial charge in [0, 0.05) is 36.1 Å². The van der Waals surface area contributed by atoms with E-state index in [0.717, 1.165) is 19.8 Å². The quantitative estimate of drug-likeness (QED) is 0.694. The number of ketones is 1. The fraction of sp³-hybridized carbons (Fsp3) is 0.611. The van der Waals surface area contributed by atoms with Crippen molar-refractivity contribution < 1.29 is 32.2 Å². The third kappa shape index (κ3) is 4.58. The molecule has 3 rings (SSSR count). The van der Waals surface area contributed by atoms with Crippen molar-refractivity contribution in [3.05, 3.63) is 23.5 Å². The molecule has 1 aliphatic heterocycles. The van der Waals surface area contributed by atoms with Crippen LogP contribution in [0.2, 0.25) is 0 Å². The number of ether oxygens (including phenoxy) is 2. The summed E-state index contributed by atoms with van der Waals surface area (Å²) in [5.74, 6) is -0.773. The molecule has 1 aromatic heterocycles. The molecule has 0 unspecified atom stereocenters. The Balaban J connectivity index is 1.80. The van der Waals surface area contributed by atoms with E-state index in [9.17, 15) is 22.8 Å². The highest BCUT2D eigenvalue weighted by atomic mass is 19.4. The number of nitrogens with zero attached hydrogens (tertiary/aromatic N) is 1. The first-order valence-corrected chi connectivity index (χ1v) is 8.72. The summed E-state index contributed by atoms with van der Waals surface area (Å²) >= 11 is 0. The lowest BCUT2D eigenvalue weighted by Gasteiger charge is -2.40. The summed E-state index contributed by atoms with van der Waals surface area (Å²) in [6.45, 7) is 1.39. The van der Waals surface area contributed by atoms with Crippen LogP contribution in [0.5, 0.6) is 5.75 Å². The van der Waals surface area contributed by atoms with Gasteiger partial charge >= 0.3 is 6.18 Å². The van der Waals surface area contributed by atoms with Gasteiger partial charge in [-0.15, -0.1) is 0 Å². The van der Waals surface area contributed by atoms with Crippen molar-refractivity contribution in [1.29, 1.82) is 0 Å². The van der Waals surface area contributed by atoms with Crippen molar-refractivity contribution in [2.45, 2.75) is 50.8 Å². The third-order valence-electron chi connectivity index (χ3n) is 4.86. The number of primary amides is 1. The number of nitrogens with two attached hydrogens (primary N) is 1. The smallest absolute Gasteiger partial charge is 0.425 e. The Labute approximate surface area is 154 Å². The predicted octanol–water partition coefficient (Wildman–Crippen LogP) is 2.75. The maximum absolute atomic E-state index is 12.9. The molecule has 1 amide bonds. The molecule has 9 heteroatoms. The van der Waals surface area contributed by atoms with Crippen molar-refractivity contribution in [2.24, 2.45) is 11.1 Å². The fourth-order valence-corrected chi connectivity index (χ4v) is 3.12. The van der Waals surface area contributed by atoms with Crippen LogP contribution in [0.15, 0.2) is 12.3 Å². The molecule has 148 valence electrons. The van der Waals surface area contributed by atoms with E-state index in [0.29, 0.717) is 5.56 Å². The number of amides is 1. The van der Waals surface area contributed by atoms with Crippen molar-refractivity contribution in [3.8, 4) is 5.75 Å². The number of carbonyl (C=O) groups excluding carboxylic acids is 2. The van der Waals surface area contributed by atoms with E-state index in [1.807, 2.05) is 0 Å². The third-order valence-corrected chi connectivity index (χ3v) is 4.86. The number of hydrogen-bond acceptors (Lipinski definition) is 5. The van der Waals surface area contributed by atoms with Gasteiger partial charge in [-0.05, 0) is 25.7 Å². The minimum atomic E-state index is -4.51. The lowest BCUT2D eigenvalue weighted by atomic mass is 9.77. The van der Waals surface area contributed by atoms with Gasteiger partial charge in [0.15, 0.2) is 11.9 Å². The molecule has 0 radical (unpaired) electrons. The monoisotopic (exact) mass is 386 g/mol. The van der Waals surface area contributed by atoms with E-state index in [2.05, 4.69) is 4.98 Å². The van der Waals surface area contributed by atoms with Crippen molar-refractivity contribution in [3.63, 3.8) is 0 Å². The lowest BCUT2D eigenvalue weighted by molar-refractivity contribution is -0.189. The van der Waals surface area contributed by atoms with Crippen LogP contribution >= 0.6 is 0 Å². The first-order valence-electron chi connectivity index (χ1n) is 8.72. The summed E-state index contributed by atoms with van der Waals surface area (Å²) in [4.78, 5) is 28.0. The summed E-state index contributed by atoms with van der Waals surface area (Å²) < 4.78 is 48.9.